The normalized spacial score (nSPS) is 12.0. The number of rotatable bonds is 7. The van der Waals surface area contributed by atoms with Crippen molar-refractivity contribution in [3.05, 3.63) is 41.9 Å². The fourth-order valence-corrected chi connectivity index (χ4v) is 2.64. The van der Waals surface area contributed by atoms with Crippen LogP contribution >= 0.6 is 0 Å². The number of hydrogen-bond acceptors (Lipinski definition) is 6. The minimum atomic E-state index is -0.401. The quantitative estimate of drug-likeness (QED) is 0.667. The Morgan fingerprint density at radius 3 is 2.86 bits per heavy atom. The molecule has 3 aromatic rings. The molecule has 0 aliphatic rings. The Morgan fingerprint density at radius 2 is 2.14 bits per heavy atom. The molecule has 2 heterocycles. The molecule has 0 radical (unpaired) electrons. The highest BCUT2D eigenvalue weighted by Crippen LogP contribution is 2.31. The summed E-state index contributed by atoms with van der Waals surface area (Å²) in [5, 5.41) is 11.4. The third-order valence-electron chi connectivity index (χ3n) is 4.17. The number of fused-ring (bicyclic) bond motifs is 1. The number of likely N-dealkylation sites (N-methyl/N-ethyl adjacent to an activating group) is 1. The van der Waals surface area contributed by atoms with Crippen LogP contribution in [-0.2, 0) is 11.3 Å². The second-order valence-corrected chi connectivity index (χ2v) is 6.54. The number of nitrogens with one attached hydrogen (secondary N) is 1. The fourth-order valence-electron chi connectivity index (χ4n) is 2.64. The van der Waals surface area contributed by atoms with Crippen molar-refractivity contribution >= 4 is 22.8 Å². The second kappa shape index (κ2) is 8.12. The highest BCUT2D eigenvalue weighted by atomic mass is 16.5. The number of carbonyl (C=O) groups excluding carboxylic acids is 2. The van der Waals surface area contributed by atoms with Gasteiger partial charge in [0, 0.05) is 19.5 Å². The molecule has 0 saturated carbocycles. The molecule has 0 bridgehead atoms. The first-order valence-electron chi connectivity index (χ1n) is 8.95. The first-order valence-corrected chi connectivity index (χ1v) is 8.95. The lowest BCUT2D eigenvalue weighted by Crippen LogP contribution is -2.27. The van der Waals surface area contributed by atoms with Crippen LogP contribution in [0, 0.1) is 0 Å². The lowest BCUT2D eigenvalue weighted by atomic mass is 10.2. The van der Waals surface area contributed by atoms with E-state index in [0.717, 1.165) is 5.39 Å². The van der Waals surface area contributed by atoms with Crippen molar-refractivity contribution < 1.29 is 18.7 Å². The maximum absolute atomic E-state index is 12.5. The predicted octanol–water partition coefficient (Wildman–Crippen LogP) is 2.00. The van der Waals surface area contributed by atoms with E-state index < -0.39 is 5.91 Å². The molecule has 148 valence electrons. The van der Waals surface area contributed by atoms with Crippen LogP contribution in [-0.4, -0.2) is 52.4 Å². The Balaban J connectivity index is 1.71. The van der Waals surface area contributed by atoms with Gasteiger partial charge in [-0.05, 0) is 26.0 Å². The number of furan rings is 1. The number of para-hydroxylation sites is 1. The van der Waals surface area contributed by atoms with Crippen molar-refractivity contribution in [3.63, 3.8) is 0 Å². The Labute approximate surface area is 162 Å². The van der Waals surface area contributed by atoms with Crippen LogP contribution in [0.25, 0.3) is 11.0 Å². The van der Waals surface area contributed by atoms with Crippen LogP contribution in [0.1, 0.15) is 36.1 Å². The van der Waals surface area contributed by atoms with Crippen LogP contribution in [0.2, 0.25) is 0 Å². The summed E-state index contributed by atoms with van der Waals surface area (Å²) >= 11 is 0. The summed E-state index contributed by atoms with van der Waals surface area (Å²) in [6, 6.07) is 7.14. The van der Waals surface area contributed by atoms with Gasteiger partial charge in [0.1, 0.15) is 12.3 Å². The van der Waals surface area contributed by atoms with E-state index in [1.54, 1.807) is 14.1 Å². The SMILES string of the molecule is CCOc1cccc2cc(C(C)NC(=O)c3cn(CC(=O)N(C)C)nn3)oc12. The van der Waals surface area contributed by atoms with Gasteiger partial charge in [-0.3, -0.25) is 9.59 Å². The van der Waals surface area contributed by atoms with Gasteiger partial charge in [-0.15, -0.1) is 5.10 Å². The van der Waals surface area contributed by atoms with Gasteiger partial charge in [-0.2, -0.15) is 0 Å². The minimum absolute atomic E-state index is 0.0204. The number of carbonyl (C=O) groups is 2. The lowest BCUT2D eigenvalue weighted by molar-refractivity contribution is -0.129. The van der Waals surface area contributed by atoms with E-state index in [2.05, 4.69) is 15.6 Å². The third-order valence-corrected chi connectivity index (χ3v) is 4.17. The van der Waals surface area contributed by atoms with Gasteiger partial charge < -0.3 is 19.4 Å². The zero-order valence-electron chi connectivity index (χ0n) is 16.3. The summed E-state index contributed by atoms with van der Waals surface area (Å²) in [6.45, 7) is 4.28. The largest absolute Gasteiger partial charge is 0.490 e. The number of amides is 2. The van der Waals surface area contributed by atoms with E-state index in [4.69, 9.17) is 9.15 Å². The molecule has 9 heteroatoms. The molecular formula is C19H23N5O4. The van der Waals surface area contributed by atoms with Crippen molar-refractivity contribution in [2.24, 2.45) is 0 Å². The van der Waals surface area contributed by atoms with E-state index in [9.17, 15) is 9.59 Å². The van der Waals surface area contributed by atoms with Gasteiger partial charge in [0.2, 0.25) is 5.91 Å². The van der Waals surface area contributed by atoms with Crippen LogP contribution in [0.4, 0.5) is 0 Å². The van der Waals surface area contributed by atoms with Crippen LogP contribution in [0.15, 0.2) is 34.9 Å². The Morgan fingerprint density at radius 1 is 1.36 bits per heavy atom. The molecule has 2 aromatic heterocycles. The zero-order chi connectivity index (χ0) is 20.3. The second-order valence-electron chi connectivity index (χ2n) is 6.54. The molecule has 0 spiro atoms. The standard InChI is InChI=1S/C19H23N5O4/c1-5-27-15-8-6-7-13-9-16(28-18(13)15)12(2)20-19(26)14-10-24(22-21-14)11-17(25)23(3)4/h6-10,12H,5,11H2,1-4H3,(H,20,26). The van der Waals surface area contributed by atoms with Crippen LogP contribution < -0.4 is 10.1 Å². The molecule has 2 amide bonds. The Hall–Kier alpha value is -3.36. The van der Waals surface area contributed by atoms with E-state index >= 15 is 0 Å². The summed E-state index contributed by atoms with van der Waals surface area (Å²) in [5.74, 6) is 0.725. The predicted molar refractivity (Wildman–Crippen MR) is 102 cm³/mol. The smallest absolute Gasteiger partial charge is 0.274 e. The molecule has 1 N–H and O–H groups in total. The summed E-state index contributed by atoms with van der Waals surface area (Å²) in [6.07, 6.45) is 1.44. The summed E-state index contributed by atoms with van der Waals surface area (Å²) in [5.41, 5.74) is 0.776. The topological polar surface area (TPSA) is 102 Å². The van der Waals surface area contributed by atoms with E-state index in [1.165, 1.54) is 15.8 Å². The number of nitrogens with zero attached hydrogens (tertiary/aromatic N) is 4. The van der Waals surface area contributed by atoms with Gasteiger partial charge in [-0.1, -0.05) is 17.3 Å². The van der Waals surface area contributed by atoms with Gasteiger partial charge in [-0.25, -0.2) is 4.68 Å². The summed E-state index contributed by atoms with van der Waals surface area (Å²) < 4.78 is 12.8. The highest BCUT2D eigenvalue weighted by molar-refractivity contribution is 5.92. The summed E-state index contributed by atoms with van der Waals surface area (Å²) in [7, 11) is 3.30. The maximum Gasteiger partial charge on any atom is 0.274 e. The molecule has 0 aliphatic heterocycles. The highest BCUT2D eigenvalue weighted by Gasteiger charge is 2.19. The number of benzene rings is 1. The third kappa shape index (κ3) is 4.13. The number of hydrogen-bond donors (Lipinski definition) is 1. The minimum Gasteiger partial charge on any atom is -0.490 e. The van der Waals surface area contributed by atoms with Crippen LogP contribution in [0.5, 0.6) is 5.75 Å². The van der Waals surface area contributed by atoms with E-state index in [-0.39, 0.29) is 24.2 Å². The van der Waals surface area contributed by atoms with Gasteiger partial charge in [0.25, 0.3) is 5.91 Å². The first kappa shape index (κ1) is 19.4. The Kier molecular flexibility index (Phi) is 5.62. The van der Waals surface area contributed by atoms with Crippen molar-refractivity contribution in [3.8, 4) is 5.75 Å². The number of aromatic nitrogens is 3. The van der Waals surface area contributed by atoms with Gasteiger partial charge in [0.05, 0.1) is 18.8 Å². The fraction of sp³-hybridized carbons (Fsp3) is 0.368. The molecule has 0 fully saturated rings. The summed E-state index contributed by atoms with van der Waals surface area (Å²) in [4.78, 5) is 25.6. The molecule has 1 aromatic carbocycles. The van der Waals surface area contributed by atoms with Crippen molar-refractivity contribution in [1.82, 2.24) is 25.2 Å². The zero-order valence-corrected chi connectivity index (χ0v) is 16.3. The molecule has 28 heavy (non-hydrogen) atoms. The van der Waals surface area contributed by atoms with Gasteiger partial charge >= 0.3 is 0 Å². The van der Waals surface area contributed by atoms with Crippen LogP contribution in [0.3, 0.4) is 0 Å². The monoisotopic (exact) mass is 385 g/mol. The average Bonchev–Trinajstić information content (AvgIpc) is 3.29. The van der Waals surface area contributed by atoms with Crippen molar-refractivity contribution in [2.75, 3.05) is 20.7 Å². The average molecular weight is 385 g/mol. The Bertz CT molecular complexity index is 991. The molecule has 3 rings (SSSR count). The molecular weight excluding hydrogens is 362 g/mol. The molecule has 1 unspecified atom stereocenters. The number of ether oxygens (including phenoxy) is 1. The lowest BCUT2D eigenvalue weighted by Gasteiger charge is -2.10. The molecule has 0 saturated heterocycles. The molecule has 1 atom stereocenters. The van der Waals surface area contributed by atoms with E-state index in [1.807, 2.05) is 38.1 Å². The van der Waals surface area contributed by atoms with Crippen molar-refractivity contribution in [1.29, 1.82) is 0 Å². The molecule has 0 aliphatic carbocycles. The maximum atomic E-state index is 12.5. The van der Waals surface area contributed by atoms with E-state index in [0.29, 0.717) is 23.7 Å². The first-order chi connectivity index (χ1) is 13.4. The van der Waals surface area contributed by atoms with Gasteiger partial charge in [0.15, 0.2) is 17.0 Å². The molecule has 9 nitrogen and oxygen atoms in total. The van der Waals surface area contributed by atoms with Crippen molar-refractivity contribution in [2.45, 2.75) is 26.4 Å².